The topological polar surface area (TPSA) is 41.9 Å². The van der Waals surface area contributed by atoms with Crippen LogP contribution in [0.2, 0.25) is 5.02 Å². The van der Waals surface area contributed by atoms with Gasteiger partial charge in [0.2, 0.25) is 0 Å². The lowest BCUT2D eigenvalue weighted by atomic mass is 10.2. The van der Waals surface area contributed by atoms with E-state index in [1.165, 1.54) is 0 Å². The van der Waals surface area contributed by atoms with Crippen LogP contribution in [0.5, 0.6) is 5.75 Å². The fourth-order valence-corrected chi connectivity index (χ4v) is 4.24. The van der Waals surface area contributed by atoms with E-state index in [0.717, 1.165) is 11.3 Å². The first-order valence-electron chi connectivity index (χ1n) is 8.22. The van der Waals surface area contributed by atoms with E-state index in [4.69, 9.17) is 16.3 Å². The van der Waals surface area contributed by atoms with Crippen molar-refractivity contribution in [1.29, 1.82) is 0 Å². The molecule has 0 saturated carbocycles. The molecule has 0 aliphatic carbocycles. The molecule has 1 aliphatic heterocycles. The van der Waals surface area contributed by atoms with Crippen LogP contribution in [-0.2, 0) is 4.79 Å². The van der Waals surface area contributed by atoms with Crippen LogP contribution in [-0.4, -0.2) is 23.4 Å². The number of amides is 1. The van der Waals surface area contributed by atoms with Gasteiger partial charge in [0, 0.05) is 10.1 Å². The maximum Gasteiger partial charge on any atom is 0.283 e. The number of nitrogens with zero attached hydrogens (tertiary/aromatic N) is 2. The van der Waals surface area contributed by atoms with E-state index in [9.17, 15) is 4.79 Å². The molecule has 1 aliphatic rings. The summed E-state index contributed by atoms with van der Waals surface area (Å²) in [6, 6.07) is 9.24. The molecule has 0 spiro atoms. The van der Waals surface area contributed by atoms with Gasteiger partial charge in [0.25, 0.3) is 5.91 Å². The molecule has 136 valence electrons. The number of anilines is 1. The number of hydrogen-bond acceptors (Lipinski definition) is 5. The van der Waals surface area contributed by atoms with Crippen molar-refractivity contribution in [3.8, 4) is 5.75 Å². The Balaban J connectivity index is 2.00. The van der Waals surface area contributed by atoms with Gasteiger partial charge in [0.05, 0.1) is 17.8 Å². The minimum Gasteiger partial charge on any atom is -0.495 e. The van der Waals surface area contributed by atoms with Gasteiger partial charge in [-0.1, -0.05) is 43.3 Å². The second kappa shape index (κ2) is 8.29. The summed E-state index contributed by atoms with van der Waals surface area (Å²) in [5, 5.41) is 3.46. The molecular formula is C19H19ClN2O2S2. The number of rotatable bonds is 5. The first kappa shape index (κ1) is 19.0. The Morgan fingerprint density at radius 3 is 2.85 bits per heavy atom. The highest BCUT2D eigenvalue weighted by molar-refractivity contribution is 8.14. The van der Waals surface area contributed by atoms with Crippen LogP contribution in [0.1, 0.15) is 25.1 Å². The van der Waals surface area contributed by atoms with Crippen LogP contribution in [0.4, 0.5) is 5.69 Å². The van der Waals surface area contributed by atoms with E-state index >= 15 is 0 Å². The van der Waals surface area contributed by atoms with E-state index < -0.39 is 0 Å². The van der Waals surface area contributed by atoms with Crippen LogP contribution in [0.25, 0.3) is 6.08 Å². The molecule has 3 rings (SSSR count). The summed E-state index contributed by atoms with van der Waals surface area (Å²) >= 11 is 9.43. The Morgan fingerprint density at radius 1 is 1.42 bits per heavy atom. The molecule has 2 heterocycles. The van der Waals surface area contributed by atoms with Crippen LogP contribution < -0.4 is 9.64 Å². The number of hydrogen-bond donors (Lipinski definition) is 0. The average molecular weight is 407 g/mol. The number of carbonyl (C=O) groups is 1. The third kappa shape index (κ3) is 3.98. The van der Waals surface area contributed by atoms with Gasteiger partial charge in [-0.3, -0.25) is 9.69 Å². The summed E-state index contributed by atoms with van der Waals surface area (Å²) in [5.74, 6) is 0.426. The molecule has 0 fully saturated rings. The van der Waals surface area contributed by atoms with E-state index in [0.29, 0.717) is 32.6 Å². The number of ether oxygens (including phenoxy) is 1. The number of carbonyl (C=O) groups excluding carboxylic acids is 1. The zero-order valence-electron chi connectivity index (χ0n) is 14.7. The monoisotopic (exact) mass is 406 g/mol. The van der Waals surface area contributed by atoms with Gasteiger partial charge < -0.3 is 4.74 Å². The molecular weight excluding hydrogens is 388 g/mol. The second-order valence-corrected chi connectivity index (χ2v) is 8.53. The number of amidine groups is 1. The maximum atomic E-state index is 13.0. The molecule has 0 radical (unpaired) electrons. The number of benzene rings is 1. The molecule has 2 aromatic rings. The number of thiophene rings is 1. The van der Waals surface area contributed by atoms with E-state index in [1.54, 1.807) is 47.2 Å². The molecule has 0 saturated heterocycles. The first-order valence-corrected chi connectivity index (χ1v) is 10.4. The Kier molecular flexibility index (Phi) is 6.06. The van der Waals surface area contributed by atoms with Gasteiger partial charge in [-0.05, 0) is 42.1 Å². The standard InChI is InChI=1S/C19H19ClN2O2S2/c1-4-12(2)26-19-21-16(11-14-6-5-9-25-14)18(23)22(19)13-7-8-17(24-3)15(20)10-13/h5-12H,4H2,1-3H3. The lowest BCUT2D eigenvalue weighted by Gasteiger charge is -2.20. The van der Waals surface area contributed by atoms with Gasteiger partial charge in [-0.2, -0.15) is 0 Å². The van der Waals surface area contributed by atoms with Crippen molar-refractivity contribution in [2.45, 2.75) is 25.5 Å². The number of methoxy groups -OCH3 is 1. The zero-order chi connectivity index (χ0) is 18.7. The Hall–Kier alpha value is -1.76. The predicted octanol–water partition coefficient (Wildman–Crippen LogP) is 5.69. The molecule has 1 amide bonds. The van der Waals surface area contributed by atoms with Crippen LogP contribution >= 0.6 is 34.7 Å². The largest absolute Gasteiger partial charge is 0.495 e. The van der Waals surface area contributed by atoms with Crippen molar-refractivity contribution in [2.24, 2.45) is 4.99 Å². The summed E-state index contributed by atoms with van der Waals surface area (Å²) in [6.45, 7) is 4.24. The third-order valence-electron chi connectivity index (χ3n) is 3.93. The SMILES string of the molecule is CCC(C)SC1=NC(=Cc2cccs2)C(=O)N1c1ccc(OC)c(Cl)c1. The predicted molar refractivity (Wildman–Crippen MR) is 113 cm³/mol. The average Bonchev–Trinajstić information content (AvgIpc) is 3.24. The maximum absolute atomic E-state index is 13.0. The van der Waals surface area contributed by atoms with Crippen LogP contribution in [0.3, 0.4) is 0 Å². The van der Waals surface area contributed by atoms with Gasteiger partial charge in [-0.25, -0.2) is 4.99 Å². The van der Waals surface area contributed by atoms with Gasteiger partial charge in [0.15, 0.2) is 5.17 Å². The Labute approximate surface area is 166 Å². The van der Waals surface area contributed by atoms with Crippen LogP contribution in [0, 0.1) is 0 Å². The molecule has 7 heteroatoms. The first-order chi connectivity index (χ1) is 12.5. The molecule has 0 bridgehead atoms. The highest BCUT2D eigenvalue weighted by Crippen LogP contribution is 2.35. The number of thioether (sulfide) groups is 1. The van der Waals surface area contributed by atoms with Crippen molar-refractivity contribution in [3.63, 3.8) is 0 Å². The second-order valence-electron chi connectivity index (χ2n) is 5.74. The number of aliphatic imine (C=N–C) groups is 1. The van der Waals surface area contributed by atoms with E-state index in [2.05, 4.69) is 18.8 Å². The van der Waals surface area contributed by atoms with Gasteiger partial charge in [-0.15, -0.1) is 11.3 Å². The summed E-state index contributed by atoms with van der Waals surface area (Å²) in [6.07, 6.45) is 2.81. The highest BCUT2D eigenvalue weighted by Gasteiger charge is 2.33. The molecule has 4 nitrogen and oxygen atoms in total. The Bertz CT molecular complexity index is 862. The molecule has 1 atom stereocenters. The van der Waals surface area contributed by atoms with Crippen molar-refractivity contribution >= 4 is 57.5 Å². The minimum atomic E-state index is -0.148. The quantitative estimate of drug-likeness (QED) is 0.599. The van der Waals surface area contributed by atoms with Gasteiger partial charge in [0.1, 0.15) is 11.4 Å². The zero-order valence-corrected chi connectivity index (χ0v) is 17.1. The summed E-state index contributed by atoms with van der Waals surface area (Å²) < 4.78 is 5.21. The lowest BCUT2D eigenvalue weighted by molar-refractivity contribution is -0.113. The third-order valence-corrected chi connectivity index (χ3v) is 6.26. The van der Waals surface area contributed by atoms with Gasteiger partial charge >= 0.3 is 0 Å². The van der Waals surface area contributed by atoms with Crippen LogP contribution in [0.15, 0.2) is 46.4 Å². The normalized spacial score (nSPS) is 16.9. The van der Waals surface area contributed by atoms with Crippen molar-refractivity contribution in [3.05, 3.63) is 51.3 Å². The van der Waals surface area contributed by atoms with E-state index in [-0.39, 0.29) is 5.91 Å². The number of halogens is 1. The summed E-state index contributed by atoms with van der Waals surface area (Å²) in [7, 11) is 1.56. The fourth-order valence-electron chi connectivity index (χ4n) is 2.37. The van der Waals surface area contributed by atoms with Crippen molar-refractivity contribution in [2.75, 3.05) is 12.0 Å². The van der Waals surface area contributed by atoms with E-state index in [1.807, 2.05) is 29.7 Å². The molecule has 1 aromatic heterocycles. The summed E-state index contributed by atoms with van der Waals surface area (Å²) in [5.41, 5.74) is 1.12. The smallest absolute Gasteiger partial charge is 0.283 e. The minimum absolute atomic E-state index is 0.148. The van der Waals surface area contributed by atoms with Crippen molar-refractivity contribution in [1.82, 2.24) is 0 Å². The molecule has 1 unspecified atom stereocenters. The Morgan fingerprint density at radius 2 is 2.23 bits per heavy atom. The summed E-state index contributed by atoms with van der Waals surface area (Å²) in [4.78, 5) is 20.3. The lowest BCUT2D eigenvalue weighted by Crippen LogP contribution is -2.31. The highest BCUT2D eigenvalue weighted by atomic mass is 35.5. The molecule has 26 heavy (non-hydrogen) atoms. The van der Waals surface area contributed by atoms with Crippen molar-refractivity contribution < 1.29 is 9.53 Å². The fraction of sp³-hybridized carbons (Fsp3) is 0.263. The molecule has 0 N–H and O–H groups in total. The molecule has 1 aromatic carbocycles.